The minimum Gasteiger partial charge on any atom is -0.481 e. The summed E-state index contributed by atoms with van der Waals surface area (Å²) in [7, 11) is 1.49. The van der Waals surface area contributed by atoms with Crippen molar-refractivity contribution in [3.63, 3.8) is 0 Å². The van der Waals surface area contributed by atoms with Gasteiger partial charge in [0.2, 0.25) is 5.88 Å². The second-order valence-electron chi connectivity index (χ2n) is 6.08. The van der Waals surface area contributed by atoms with Crippen molar-refractivity contribution in [3.05, 3.63) is 77.4 Å². The number of carbonyl (C=O) groups is 1. The standard InChI is InChI=1S/C20H16F4N4O2/c1-30-16-8-7-12(10-26-16)11-27-18-13(4-3-9-25-18)19(29)28-15-6-2-5-14(17(15)21)20(22,23)24/h2-10H,11H2,1H3,(H,25,27)(H,28,29). The Labute approximate surface area is 168 Å². The molecule has 0 aliphatic rings. The Hall–Kier alpha value is -3.69. The van der Waals surface area contributed by atoms with Crippen LogP contribution in [0.25, 0.3) is 0 Å². The van der Waals surface area contributed by atoms with Gasteiger partial charge in [-0.3, -0.25) is 4.79 Å². The lowest BCUT2D eigenvalue weighted by molar-refractivity contribution is -0.139. The highest BCUT2D eigenvalue weighted by atomic mass is 19.4. The number of nitrogens with one attached hydrogen (secondary N) is 2. The van der Waals surface area contributed by atoms with E-state index in [1.54, 1.807) is 18.3 Å². The molecule has 0 radical (unpaired) electrons. The smallest absolute Gasteiger partial charge is 0.419 e. The molecule has 156 valence electrons. The fourth-order valence-corrected chi connectivity index (χ4v) is 2.59. The summed E-state index contributed by atoms with van der Waals surface area (Å²) in [6.07, 6.45) is -1.86. The summed E-state index contributed by atoms with van der Waals surface area (Å²) in [6, 6.07) is 9.00. The number of anilines is 2. The molecule has 0 atom stereocenters. The second-order valence-corrected chi connectivity index (χ2v) is 6.08. The van der Waals surface area contributed by atoms with Crippen LogP contribution in [0.4, 0.5) is 29.1 Å². The van der Waals surface area contributed by atoms with E-state index in [2.05, 4.69) is 20.6 Å². The molecule has 0 saturated carbocycles. The van der Waals surface area contributed by atoms with Gasteiger partial charge in [0, 0.05) is 25.0 Å². The molecule has 2 N–H and O–H groups in total. The molecule has 0 aliphatic heterocycles. The summed E-state index contributed by atoms with van der Waals surface area (Å²) in [4.78, 5) is 20.7. The molecular formula is C20H16F4N4O2. The number of hydrogen-bond donors (Lipinski definition) is 2. The fourth-order valence-electron chi connectivity index (χ4n) is 2.59. The number of amides is 1. The Morgan fingerprint density at radius 1 is 1.10 bits per heavy atom. The predicted octanol–water partition coefficient (Wildman–Crippen LogP) is 4.51. The first-order valence-corrected chi connectivity index (χ1v) is 8.64. The van der Waals surface area contributed by atoms with Gasteiger partial charge in [-0.05, 0) is 29.8 Å². The number of carbonyl (C=O) groups excluding carboxylic acids is 1. The van der Waals surface area contributed by atoms with E-state index < -0.39 is 29.2 Å². The Morgan fingerprint density at radius 3 is 2.57 bits per heavy atom. The number of alkyl halides is 3. The molecule has 6 nitrogen and oxygen atoms in total. The van der Waals surface area contributed by atoms with Crippen LogP contribution in [0.5, 0.6) is 5.88 Å². The van der Waals surface area contributed by atoms with Crippen LogP contribution in [0.15, 0.2) is 54.9 Å². The molecule has 0 spiro atoms. The van der Waals surface area contributed by atoms with E-state index in [0.29, 0.717) is 11.9 Å². The van der Waals surface area contributed by atoms with Gasteiger partial charge in [0.1, 0.15) is 5.82 Å². The topological polar surface area (TPSA) is 76.1 Å². The third-order valence-corrected chi connectivity index (χ3v) is 4.07. The van der Waals surface area contributed by atoms with E-state index in [1.165, 1.54) is 25.4 Å². The SMILES string of the molecule is COc1ccc(CNc2ncccc2C(=O)Nc2cccc(C(F)(F)F)c2F)cn1. The number of methoxy groups -OCH3 is 1. The number of halogens is 4. The first-order chi connectivity index (χ1) is 14.3. The largest absolute Gasteiger partial charge is 0.481 e. The monoisotopic (exact) mass is 420 g/mol. The van der Waals surface area contributed by atoms with Crippen LogP contribution < -0.4 is 15.4 Å². The van der Waals surface area contributed by atoms with E-state index in [0.717, 1.165) is 17.7 Å². The van der Waals surface area contributed by atoms with E-state index in [9.17, 15) is 22.4 Å². The van der Waals surface area contributed by atoms with Crippen molar-refractivity contribution in [1.29, 1.82) is 0 Å². The molecule has 0 saturated heterocycles. The lowest BCUT2D eigenvalue weighted by atomic mass is 10.1. The van der Waals surface area contributed by atoms with E-state index >= 15 is 0 Å². The Morgan fingerprint density at radius 2 is 1.90 bits per heavy atom. The maximum absolute atomic E-state index is 14.2. The fraction of sp³-hybridized carbons (Fsp3) is 0.150. The summed E-state index contributed by atoms with van der Waals surface area (Å²) in [5, 5.41) is 5.13. The van der Waals surface area contributed by atoms with Gasteiger partial charge in [0.25, 0.3) is 5.91 Å². The minimum atomic E-state index is -4.88. The summed E-state index contributed by atoms with van der Waals surface area (Å²) in [6.45, 7) is 0.270. The van der Waals surface area contributed by atoms with Crippen LogP contribution in [0.2, 0.25) is 0 Å². The summed E-state index contributed by atoms with van der Waals surface area (Å²) in [5.74, 6) is -1.74. The highest BCUT2D eigenvalue weighted by Crippen LogP contribution is 2.34. The van der Waals surface area contributed by atoms with Crippen molar-refractivity contribution in [2.45, 2.75) is 12.7 Å². The zero-order valence-corrected chi connectivity index (χ0v) is 15.6. The van der Waals surface area contributed by atoms with Gasteiger partial charge in [-0.1, -0.05) is 12.1 Å². The normalized spacial score (nSPS) is 11.1. The third kappa shape index (κ3) is 4.83. The van der Waals surface area contributed by atoms with Crippen LogP contribution in [0.1, 0.15) is 21.5 Å². The van der Waals surface area contributed by atoms with Crippen molar-refractivity contribution < 1.29 is 27.1 Å². The number of benzene rings is 1. The van der Waals surface area contributed by atoms with Crippen molar-refractivity contribution in [3.8, 4) is 5.88 Å². The van der Waals surface area contributed by atoms with Gasteiger partial charge < -0.3 is 15.4 Å². The molecule has 0 bridgehead atoms. The number of hydrogen-bond acceptors (Lipinski definition) is 5. The van der Waals surface area contributed by atoms with Crippen molar-refractivity contribution in [2.75, 3.05) is 17.7 Å². The van der Waals surface area contributed by atoms with Gasteiger partial charge in [-0.15, -0.1) is 0 Å². The van der Waals surface area contributed by atoms with Gasteiger partial charge in [-0.25, -0.2) is 14.4 Å². The summed E-state index contributed by atoms with van der Waals surface area (Å²) >= 11 is 0. The molecule has 0 fully saturated rings. The second kappa shape index (κ2) is 8.76. The molecule has 3 aromatic rings. The Kier molecular flexibility index (Phi) is 6.14. The van der Waals surface area contributed by atoms with E-state index in [-0.39, 0.29) is 17.9 Å². The average Bonchev–Trinajstić information content (AvgIpc) is 2.73. The van der Waals surface area contributed by atoms with Gasteiger partial charge in [0.15, 0.2) is 5.82 Å². The number of ether oxygens (including phenoxy) is 1. The molecule has 3 rings (SSSR count). The van der Waals surface area contributed by atoms with Crippen LogP contribution in [-0.2, 0) is 12.7 Å². The number of rotatable bonds is 6. The molecule has 30 heavy (non-hydrogen) atoms. The zero-order valence-electron chi connectivity index (χ0n) is 15.6. The van der Waals surface area contributed by atoms with Crippen molar-refractivity contribution in [2.24, 2.45) is 0 Å². The lowest BCUT2D eigenvalue weighted by Gasteiger charge is -2.14. The first-order valence-electron chi connectivity index (χ1n) is 8.64. The minimum absolute atomic E-state index is 0.0378. The van der Waals surface area contributed by atoms with Crippen LogP contribution >= 0.6 is 0 Å². The maximum Gasteiger partial charge on any atom is 0.419 e. The molecular weight excluding hydrogens is 404 g/mol. The molecule has 1 amide bonds. The first kappa shape index (κ1) is 21.0. The molecule has 2 aromatic heterocycles. The van der Waals surface area contributed by atoms with E-state index in [1.807, 2.05) is 0 Å². The van der Waals surface area contributed by atoms with Crippen LogP contribution in [-0.4, -0.2) is 23.0 Å². The quantitative estimate of drug-likeness (QED) is 0.574. The Bertz CT molecular complexity index is 1040. The van der Waals surface area contributed by atoms with Gasteiger partial charge in [0.05, 0.1) is 23.9 Å². The Balaban J connectivity index is 1.77. The van der Waals surface area contributed by atoms with E-state index in [4.69, 9.17) is 4.74 Å². The van der Waals surface area contributed by atoms with Crippen LogP contribution in [0, 0.1) is 5.82 Å². The third-order valence-electron chi connectivity index (χ3n) is 4.07. The zero-order chi connectivity index (χ0) is 21.7. The van der Waals surface area contributed by atoms with Gasteiger partial charge in [-0.2, -0.15) is 13.2 Å². The van der Waals surface area contributed by atoms with Crippen LogP contribution in [0.3, 0.4) is 0 Å². The molecule has 0 aliphatic carbocycles. The predicted molar refractivity (Wildman–Crippen MR) is 102 cm³/mol. The summed E-state index contributed by atoms with van der Waals surface area (Å²) < 4.78 is 57.8. The van der Waals surface area contributed by atoms with Crippen molar-refractivity contribution in [1.82, 2.24) is 9.97 Å². The molecule has 0 unspecified atom stereocenters. The molecule has 2 heterocycles. The maximum atomic E-state index is 14.2. The molecule has 10 heteroatoms. The number of pyridine rings is 2. The summed E-state index contributed by atoms with van der Waals surface area (Å²) in [5.41, 5.74) is -1.23. The van der Waals surface area contributed by atoms with Crippen molar-refractivity contribution >= 4 is 17.4 Å². The lowest BCUT2D eigenvalue weighted by Crippen LogP contribution is -2.18. The number of nitrogens with zero attached hydrogens (tertiary/aromatic N) is 2. The highest BCUT2D eigenvalue weighted by Gasteiger charge is 2.35. The van der Waals surface area contributed by atoms with Gasteiger partial charge >= 0.3 is 6.18 Å². The highest BCUT2D eigenvalue weighted by molar-refractivity contribution is 6.07. The number of aromatic nitrogens is 2. The average molecular weight is 420 g/mol. The molecule has 1 aromatic carbocycles.